The largest absolute Gasteiger partial charge is 0.481 e. The Labute approximate surface area is 137 Å². The Morgan fingerprint density at radius 1 is 1.43 bits per heavy atom. The number of benzene rings is 1. The normalized spacial score (nSPS) is 26.1. The van der Waals surface area contributed by atoms with Crippen molar-refractivity contribution in [3.63, 3.8) is 0 Å². The van der Waals surface area contributed by atoms with Crippen LogP contribution in [0.25, 0.3) is 0 Å². The Hall–Kier alpha value is -2.15. The van der Waals surface area contributed by atoms with Gasteiger partial charge >= 0.3 is 5.97 Å². The molecule has 0 radical (unpaired) electrons. The van der Waals surface area contributed by atoms with Crippen LogP contribution in [0.15, 0.2) is 18.2 Å². The number of nitrogens with zero attached hydrogens (tertiary/aromatic N) is 2. The first kappa shape index (κ1) is 15.7. The van der Waals surface area contributed by atoms with E-state index < -0.39 is 22.2 Å². The molecule has 0 unspecified atom stereocenters. The summed E-state index contributed by atoms with van der Waals surface area (Å²) in [6.07, 6.45) is 2.14. The van der Waals surface area contributed by atoms with Crippen molar-refractivity contribution in [2.45, 2.75) is 19.3 Å². The molecule has 2 atom stereocenters. The van der Waals surface area contributed by atoms with E-state index in [1.807, 2.05) is 0 Å². The van der Waals surface area contributed by atoms with Gasteiger partial charge in [0.1, 0.15) is 5.56 Å². The number of likely N-dealkylation sites (tertiary alicyclic amines) is 1. The van der Waals surface area contributed by atoms with E-state index in [1.54, 1.807) is 0 Å². The van der Waals surface area contributed by atoms with Crippen molar-refractivity contribution >= 4 is 29.2 Å². The maximum absolute atomic E-state index is 12.7. The number of fused-ring (bicyclic) bond motifs is 1. The average molecular weight is 339 g/mol. The smallest absolute Gasteiger partial charge is 0.311 e. The van der Waals surface area contributed by atoms with E-state index in [-0.39, 0.29) is 28.7 Å². The molecule has 0 spiro atoms. The van der Waals surface area contributed by atoms with Crippen molar-refractivity contribution in [3.05, 3.63) is 38.9 Å². The van der Waals surface area contributed by atoms with Crippen molar-refractivity contribution in [2.75, 3.05) is 13.1 Å². The number of carboxylic acid groups (broad SMARTS) is 1. The number of nitro groups is 1. The number of halogens is 1. The van der Waals surface area contributed by atoms with Gasteiger partial charge in [0.25, 0.3) is 11.6 Å². The molecule has 1 heterocycles. The van der Waals surface area contributed by atoms with Crippen molar-refractivity contribution < 1.29 is 19.6 Å². The van der Waals surface area contributed by atoms with Crippen LogP contribution in [0.3, 0.4) is 0 Å². The molecule has 122 valence electrons. The van der Waals surface area contributed by atoms with Crippen LogP contribution in [-0.4, -0.2) is 39.9 Å². The number of hydrogen-bond donors (Lipinski definition) is 1. The number of nitro benzene ring substituents is 1. The molecule has 3 rings (SSSR count). The molecule has 23 heavy (non-hydrogen) atoms. The molecular formula is C15H15ClN2O5. The van der Waals surface area contributed by atoms with E-state index in [2.05, 4.69) is 0 Å². The van der Waals surface area contributed by atoms with E-state index in [9.17, 15) is 24.8 Å². The van der Waals surface area contributed by atoms with Crippen molar-refractivity contribution in [1.29, 1.82) is 0 Å². The van der Waals surface area contributed by atoms with Gasteiger partial charge in [-0.15, -0.1) is 0 Å². The first-order valence-corrected chi connectivity index (χ1v) is 7.69. The number of carbonyl (C=O) groups excluding carboxylic acids is 1. The lowest BCUT2D eigenvalue weighted by Gasteiger charge is -2.23. The van der Waals surface area contributed by atoms with Crippen molar-refractivity contribution in [1.82, 2.24) is 4.90 Å². The van der Waals surface area contributed by atoms with Gasteiger partial charge < -0.3 is 10.0 Å². The summed E-state index contributed by atoms with van der Waals surface area (Å²) in [6.45, 7) is 0.427. The molecule has 2 aliphatic rings. The molecule has 1 saturated carbocycles. The molecule has 7 nitrogen and oxygen atoms in total. The molecule has 1 saturated heterocycles. The Kier molecular flexibility index (Phi) is 3.75. The van der Waals surface area contributed by atoms with E-state index >= 15 is 0 Å². The number of carboxylic acids is 1. The summed E-state index contributed by atoms with van der Waals surface area (Å²) in [5.41, 5.74) is -1.32. The Balaban J connectivity index is 1.91. The summed E-state index contributed by atoms with van der Waals surface area (Å²) >= 11 is 5.76. The van der Waals surface area contributed by atoms with Gasteiger partial charge in [0.05, 0.1) is 10.3 Å². The molecule has 0 aromatic heterocycles. The SMILES string of the molecule is O=C(c1ccc(Cl)cc1[N+](=O)[O-])N1C[C@@H]2CCC[C@@]2(C(=O)O)C1. The standard InChI is InChI=1S/C15H15ClN2O5/c16-10-3-4-11(12(6-10)18(22)23)13(19)17-7-9-2-1-5-15(9,8-17)14(20)21/h3-4,6,9H,1-2,5,7-8H2,(H,20,21)/t9-,15+/m0/s1. The minimum Gasteiger partial charge on any atom is -0.481 e. The van der Waals surface area contributed by atoms with E-state index in [0.717, 1.165) is 18.9 Å². The van der Waals surface area contributed by atoms with Gasteiger partial charge in [-0.3, -0.25) is 19.7 Å². The molecule has 8 heteroatoms. The van der Waals surface area contributed by atoms with Gasteiger partial charge in [-0.05, 0) is 30.9 Å². The topological polar surface area (TPSA) is 101 Å². The second kappa shape index (κ2) is 5.49. The van der Waals surface area contributed by atoms with Gasteiger partial charge in [0.15, 0.2) is 0 Å². The summed E-state index contributed by atoms with van der Waals surface area (Å²) in [4.78, 5) is 36.2. The Bertz CT molecular complexity index is 707. The maximum atomic E-state index is 12.7. The maximum Gasteiger partial charge on any atom is 0.311 e. The van der Waals surface area contributed by atoms with Gasteiger partial charge in [-0.2, -0.15) is 0 Å². The molecule has 1 aromatic carbocycles. The van der Waals surface area contributed by atoms with Gasteiger partial charge in [0.2, 0.25) is 0 Å². The minimum absolute atomic E-state index is 0.0556. The number of amides is 1. The van der Waals surface area contributed by atoms with Gasteiger partial charge in [-0.25, -0.2) is 0 Å². The third kappa shape index (κ3) is 2.45. The van der Waals surface area contributed by atoms with E-state index in [0.29, 0.717) is 13.0 Å². The molecule has 1 aliphatic carbocycles. The average Bonchev–Trinajstić information content (AvgIpc) is 3.04. The number of rotatable bonds is 3. The van der Waals surface area contributed by atoms with Crippen LogP contribution in [0.2, 0.25) is 5.02 Å². The summed E-state index contributed by atoms with van der Waals surface area (Å²) < 4.78 is 0. The van der Waals surface area contributed by atoms with Crippen LogP contribution in [0.5, 0.6) is 0 Å². The van der Waals surface area contributed by atoms with Gasteiger partial charge in [0, 0.05) is 24.2 Å². The molecule has 1 aromatic rings. The summed E-state index contributed by atoms with van der Waals surface area (Å²) in [6, 6.07) is 3.88. The fourth-order valence-corrected chi connectivity index (χ4v) is 3.97. The Morgan fingerprint density at radius 2 is 2.17 bits per heavy atom. The third-order valence-electron chi connectivity index (χ3n) is 4.97. The lowest BCUT2D eigenvalue weighted by atomic mass is 9.81. The van der Waals surface area contributed by atoms with Crippen LogP contribution in [0, 0.1) is 21.4 Å². The fraction of sp³-hybridized carbons (Fsp3) is 0.467. The predicted molar refractivity (Wildman–Crippen MR) is 81.4 cm³/mol. The highest BCUT2D eigenvalue weighted by atomic mass is 35.5. The van der Waals surface area contributed by atoms with Gasteiger partial charge in [-0.1, -0.05) is 18.0 Å². The number of carbonyl (C=O) groups is 2. The minimum atomic E-state index is -0.906. The summed E-state index contributed by atoms with van der Waals surface area (Å²) in [5, 5.41) is 20.9. The fourth-order valence-electron chi connectivity index (χ4n) is 3.80. The lowest BCUT2D eigenvalue weighted by molar-refractivity contribution is -0.385. The van der Waals surface area contributed by atoms with Crippen LogP contribution < -0.4 is 0 Å². The van der Waals surface area contributed by atoms with Crippen LogP contribution in [0.4, 0.5) is 5.69 Å². The zero-order valence-corrected chi connectivity index (χ0v) is 13.0. The Morgan fingerprint density at radius 3 is 2.78 bits per heavy atom. The molecular weight excluding hydrogens is 324 g/mol. The lowest BCUT2D eigenvalue weighted by Crippen LogP contribution is -2.37. The van der Waals surface area contributed by atoms with Crippen LogP contribution in [0.1, 0.15) is 29.6 Å². The number of aliphatic carboxylic acids is 1. The van der Waals surface area contributed by atoms with Crippen molar-refractivity contribution in [2.24, 2.45) is 11.3 Å². The van der Waals surface area contributed by atoms with E-state index in [4.69, 9.17) is 11.6 Å². The van der Waals surface area contributed by atoms with Crippen LogP contribution in [-0.2, 0) is 4.79 Å². The molecule has 1 N–H and O–H groups in total. The van der Waals surface area contributed by atoms with E-state index in [1.165, 1.54) is 17.0 Å². The van der Waals surface area contributed by atoms with Crippen LogP contribution >= 0.6 is 11.6 Å². The zero-order valence-electron chi connectivity index (χ0n) is 12.2. The highest BCUT2D eigenvalue weighted by Gasteiger charge is 2.56. The second-order valence-electron chi connectivity index (χ2n) is 6.15. The quantitative estimate of drug-likeness (QED) is 0.674. The third-order valence-corrected chi connectivity index (χ3v) is 5.21. The highest BCUT2D eigenvalue weighted by Crippen LogP contribution is 2.49. The molecule has 1 amide bonds. The number of hydrogen-bond acceptors (Lipinski definition) is 4. The molecule has 1 aliphatic heterocycles. The first-order chi connectivity index (χ1) is 10.8. The first-order valence-electron chi connectivity index (χ1n) is 7.32. The predicted octanol–water partition coefficient (Wildman–Crippen LogP) is 2.58. The molecule has 0 bridgehead atoms. The summed E-state index contributed by atoms with van der Waals surface area (Å²) in [5.74, 6) is -1.49. The van der Waals surface area contributed by atoms with Crippen molar-refractivity contribution in [3.8, 4) is 0 Å². The highest BCUT2D eigenvalue weighted by molar-refractivity contribution is 6.31. The zero-order chi connectivity index (χ0) is 16.8. The monoisotopic (exact) mass is 338 g/mol. The second-order valence-corrected chi connectivity index (χ2v) is 6.59. The molecule has 2 fully saturated rings. The summed E-state index contributed by atoms with van der Waals surface area (Å²) in [7, 11) is 0.